The lowest BCUT2D eigenvalue weighted by atomic mass is 9.88. The Morgan fingerprint density at radius 1 is 1.24 bits per heavy atom. The Kier molecular flexibility index (Phi) is 2.84. The smallest absolute Gasteiger partial charge is 0.0598 e. The van der Waals surface area contributed by atoms with E-state index in [9.17, 15) is 0 Å². The van der Waals surface area contributed by atoms with E-state index in [0.717, 1.165) is 12.3 Å². The van der Waals surface area contributed by atoms with Crippen LogP contribution in [0, 0.1) is 5.92 Å². The van der Waals surface area contributed by atoms with Crippen LogP contribution in [0.25, 0.3) is 5.57 Å². The summed E-state index contributed by atoms with van der Waals surface area (Å²) in [6, 6.07) is 6.62. The highest BCUT2D eigenvalue weighted by Gasteiger charge is 2.33. The van der Waals surface area contributed by atoms with Gasteiger partial charge in [-0.2, -0.15) is 0 Å². The summed E-state index contributed by atoms with van der Waals surface area (Å²) in [5.41, 5.74) is 2.60. The van der Waals surface area contributed by atoms with Gasteiger partial charge in [-0.3, -0.25) is 0 Å². The first-order valence-corrected chi connectivity index (χ1v) is 6.82. The third-order valence-corrected chi connectivity index (χ3v) is 4.80. The van der Waals surface area contributed by atoms with Crippen LogP contribution in [0.2, 0.25) is 10.0 Å². The molecule has 2 aliphatic heterocycles. The van der Waals surface area contributed by atoms with Crippen LogP contribution in [0.3, 0.4) is 0 Å². The molecule has 1 saturated heterocycles. The van der Waals surface area contributed by atoms with Crippen molar-refractivity contribution in [3.8, 4) is 0 Å². The van der Waals surface area contributed by atoms with Gasteiger partial charge >= 0.3 is 0 Å². The van der Waals surface area contributed by atoms with E-state index in [1.165, 1.54) is 24.1 Å². The molecule has 1 aromatic rings. The van der Waals surface area contributed by atoms with Crippen molar-refractivity contribution in [3.05, 3.63) is 40.0 Å². The van der Waals surface area contributed by atoms with Crippen LogP contribution in [0.1, 0.15) is 25.3 Å². The van der Waals surface area contributed by atoms with Crippen molar-refractivity contribution in [2.75, 3.05) is 6.54 Å². The lowest BCUT2D eigenvalue weighted by Gasteiger charge is -2.30. The van der Waals surface area contributed by atoms with Gasteiger partial charge in [0.05, 0.1) is 10.0 Å². The standard InChI is InChI=1S/C14H15Cl2N/c1-9-10-4-5-17(9)8-12(6-10)11-2-3-13(15)14(16)7-11/h2-3,7-10H,4-6H2,1H3. The van der Waals surface area contributed by atoms with Crippen LogP contribution in [-0.4, -0.2) is 17.5 Å². The van der Waals surface area contributed by atoms with Crippen molar-refractivity contribution in [2.45, 2.75) is 25.8 Å². The Bertz CT molecular complexity index is 481. The summed E-state index contributed by atoms with van der Waals surface area (Å²) in [5.74, 6) is 0.796. The van der Waals surface area contributed by atoms with Crippen LogP contribution < -0.4 is 0 Å². The Labute approximate surface area is 112 Å². The third kappa shape index (κ3) is 1.96. The molecule has 0 radical (unpaired) electrons. The molecule has 1 fully saturated rings. The van der Waals surface area contributed by atoms with Gasteiger partial charge in [0.15, 0.2) is 0 Å². The SMILES string of the molecule is CC1C2CCN1C=C(c1ccc(Cl)c(Cl)c1)C2. The minimum Gasteiger partial charge on any atom is -0.374 e. The highest BCUT2D eigenvalue weighted by molar-refractivity contribution is 6.42. The molecule has 1 nitrogen and oxygen atoms in total. The Morgan fingerprint density at radius 3 is 2.76 bits per heavy atom. The van der Waals surface area contributed by atoms with Gasteiger partial charge in [0.2, 0.25) is 0 Å². The molecule has 1 aromatic carbocycles. The van der Waals surface area contributed by atoms with E-state index >= 15 is 0 Å². The van der Waals surface area contributed by atoms with Crippen LogP contribution >= 0.6 is 23.2 Å². The summed E-state index contributed by atoms with van der Waals surface area (Å²) in [6.07, 6.45) is 4.77. The number of hydrogen-bond acceptors (Lipinski definition) is 1. The largest absolute Gasteiger partial charge is 0.374 e. The first-order valence-electron chi connectivity index (χ1n) is 6.07. The summed E-state index contributed by atoms with van der Waals surface area (Å²) in [6.45, 7) is 3.51. The van der Waals surface area contributed by atoms with Crippen molar-refractivity contribution < 1.29 is 0 Å². The number of halogens is 2. The molecule has 0 N–H and O–H groups in total. The molecule has 0 aromatic heterocycles. The van der Waals surface area contributed by atoms with Crippen molar-refractivity contribution in [1.29, 1.82) is 0 Å². The average Bonchev–Trinajstić information content (AvgIpc) is 2.55. The monoisotopic (exact) mass is 267 g/mol. The zero-order valence-corrected chi connectivity index (χ0v) is 11.3. The summed E-state index contributed by atoms with van der Waals surface area (Å²) in [5, 5.41) is 1.27. The summed E-state index contributed by atoms with van der Waals surface area (Å²) in [4.78, 5) is 2.45. The van der Waals surface area contributed by atoms with E-state index in [0.29, 0.717) is 16.1 Å². The molecule has 2 bridgehead atoms. The average molecular weight is 268 g/mol. The minimum atomic E-state index is 0.628. The molecule has 0 spiro atoms. The molecule has 2 atom stereocenters. The van der Waals surface area contributed by atoms with Gasteiger partial charge in [0, 0.05) is 18.8 Å². The normalized spacial score (nSPS) is 27.2. The van der Waals surface area contributed by atoms with Gasteiger partial charge in [-0.15, -0.1) is 0 Å². The van der Waals surface area contributed by atoms with Gasteiger partial charge in [0.1, 0.15) is 0 Å². The van der Waals surface area contributed by atoms with Crippen molar-refractivity contribution in [1.82, 2.24) is 4.90 Å². The van der Waals surface area contributed by atoms with Crippen LogP contribution in [-0.2, 0) is 0 Å². The fraction of sp³-hybridized carbons (Fsp3) is 0.429. The maximum Gasteiger partial charge on any atom is 0.0598 e. The quantitative estimate of drug-likeness (QED) is 0.727. The molecular weight excluding hydrogens is 253 g/mol. The van der Waals surface area contributed by atoms with Gasteiger partial charge in [-0.25, -0.2) is 0 Å². The molecule has 90 valence electrons. The maximum absolute atomic E-state index is 6.08. The summed E-state index contributed by atoms with van der Waals surface area (Å²) < 4.78 is 0. The molecule has 17 heavy (non-hydrogen) atoms. The highest BCUT2D eigenvalue weighted by atomic mass is 35.5. The molecule has 0 amide bonds. The predicted molar refractivity (Wildman–Crippen MR) is 73.3 cm³/mol. The van der Waals surface area contributed by atoms with Gasteiger partial charge in [-0.05, 0) is 49.0 Å². The number of allylic oxidation sites excluding steroid dienone is 1. The van der Waals surface area contributed by atoms with Crippen LogP contribution in [0.4, 0.5) is 0 Å². The van der Waals surface area contributed by atoms with E-state index < -0.39 is 0 Å². The number of hydrogen-bond donors (Lipinski definition) is 0. The summed E-state index contributed by atoms with van der Waals surface area (Å²) >= 11 is 12.0. The minimum absolute atomic E-state index is 0.628. The van der Waals surface area contributed by atoms with Gasteiger partial charge in [-0.1, -0.05) is 29.3 Å². The topological polar surface area (TPSA) is 3.24 Å². The van der Waals surface area contributed by atoms with E-state index in [1.54, 1.807) is 0 Å². The molecule has 2 unspecified atom stereocenters. The number of rotatable bonds is 1. The molecule has 2 aliphatic rings. The second-order valence-corrected chi connectivity index (χ2v) is 5.83. The van der Waals surface area contributed by atoms with Gasteiger partial charge in [0.25, 0.3) is 0 Å². The summed E-state index contributed by atoms with van der Waals surface area (Å²) in [7, 11) is 0. The van der Waals surface area contributed by atoms with E-state index in [1.807, 2.05) is 12.1 Å². The van der Waals surface area contributed by atoms with Crippen molar-refractivity contribution >= 4 is 28.8 Å². The van der Waals surface area contributed by atoms with Gasteiger partial charge < -0.3 is 4.90 Å². The van der Waals surface area contributed by atoms with Crippen molar-refractivity contribution in [3.63, 3.8) is 0 Å². The Hall–Kier alpha value is -0.660. The molecule has 0 aliphatic carbocycles. The number of benzene rings is 1. The second kappa shape index (κ2) is 4.22. The Morgan fingerprint density at radius 2 is 2.06 bits per heavy atom. The molecule has 3 rings (SSSR count). The van der Waals surface area contributed by atoms with E-state index in [-0.39, 0.29) is 0 Å². The lowest BCUT2D eigenvalue weighted by Crippen LogP contribution is -2.29. The first kappa shape index (κ1) is 11.4. The zero-order valence-electron chi connectivity index (χ0n) is 9.79. The Balaban J connectivity index is 1.95. The van der Waals surface area contributed by atoms with Crippen molar-refractivity contribution in [2.24, 2.45) is 5.92 Å². The first-order chi connectivity index (χ1) is 8.15. The molecule has 3 heteroatoms. The fourth-order valence-electron chi connectivity index (χ4n) is 2.91. The lowest BCUT2D eigenvalue weighted by molar-refractivity contribution is 0.312. The molecule has 2 heterocycles. The fourth-order valence-corrected chi connectivity index (χ4v) is 3.21. The third-order valence-electron chi connectivity index (χ3n) is 4.06. The highest BCUT2D eigenvalue weighted by Crippen LogP contribution is 2.39. The maximum atomic E-state index is 6.08. The number of nitrogens with zero attached hydrogens (tertiary/aromatic N) is 1. The number of fused-ring (bicyclic) bond motifs is 2. The van der Waals surface area contributed by atoms with Crippen LogP contribution in [0.15, 0.2) is 24.4 Å². The van der Waals surface area contributed by atoms with Crippen LogP contribution in [0.5, 0.6) is 0 Å². The van der Waals surface area contributed by atoms with E-state index in [2.05, 4.69) is 24.1 Å². The predicted octanol–water partition coefficient (Wildman–Crippen LogP) is 4.45. The zero-order chi connectivity index (χ0) is 12.0. The van der Waals surface area contributed by atoms with E-state index in [4.69, 9.17) is 23.2 Å². The molecular formula is C14H15Cl2N. The second-order valence-electron chi connectivity index (χ2n) is 5.01. The molecule has 0 saturated carbocycles.